The monoisotopic (exact) mass is 608 g/mol. The van der Waals surface area contributed by atoms with Gasteiger partial charge in [-0.3, -0.25) is 4.79 Å². The molecule has 0 bridgehead atoms. The van der Waals surface area contributed by atoms with Crippen LogP contribution >= 0.6 is 22.6 Å². The van der Waals surface area contributed by atoms with Crippen molar-refractivity contribution in [1.82, 2.24) is 5.43 Å². The van der Waals surface area contributed by atoms with Crippen molar-refractivity contribution in [1.29, 1.82) is 0 Å². The fourth-order valence-corrected chi connectivity index (χ4v) is 4.57. The number of hydrogen-bond acceptors (Lipinski definition) is 5. The van der Waals surface area contributed by atoms with E-state index in [1.54, 1.807) is 30.5 Å². The van der Waals surface area contributed by atoms with Crippen LogP contribution in [0.2, 0.25) is 0 Å². The average Bonchev–Trinajstić information content (AvgIpc) is 2.92. The molecule has 1 N–H and O–H groups in total. The summed E-state index contributed by atoms with van der Waals surface area (Å²) in [7, 11) is 0. The van der Waals surface area contributed by atoms with Crippen molar-refractivity contribution in [3.8, 4) is 17.2 Å². The number of carbonyl (C=O) groups excluding carboxylic acids is 1. The van der Waals surface area contributed by atoms with Crippen LogP contribution in [0.3, 0.4) is 0 Å². The fraction of sp³-hybridized carbons (Fsp3) is 0.200. The zero-order valence-corrected chi connectivity index (χ0v) is 23.0. The number of hydrazone groups is 1. The lowest BCUT2D eigenvalue weighted by molar-refractivity contribution is 0.0955. The van der Waals surface area contributed by atoms with E-state index in [2.05, 4.69) is 57.4 Å². The molecule has 0 saturated heterocycles. The summed E-state index contributed by atoms with van der Waals surface area (Å²) >= 11 is 2.23. The first-order valence-corrected chi connectivity index (χ1v) is 13.3. The molecule has 0 atom stereocenters. The Kier molecular flexibility index (Phi) is 9.37. The van der Waals surface area contributed by atoms with Crippen LogP contribution in [0.5, 0.6) is 17.2 Å². The number of benzene rings is 4. The Labute approximate surface area is 230 Å². The van der Waals surface area contributed by atoms with Gasteiger partial charge in [0.1, 0.15) is 12.4 Å². The lowest BCUT2D eigenvalue weighted by Crippen LogP contribution is -2.17. The van der Waals surface area contributed by atoms with Gasteiger partial charge in [-0.25, -0.2) is 5.43 Å². The Morgan fingerprint density at radius 1 is 0.946 bits per heavy atom. The van der Waals surface area contributed by atoms with Crippen molar-refractivity contribution in [3.05, 3.63) is 99.1 Å². The molecule has 37 heavy (non-hydrogen) atoms. The molecule has 0 unspecified atom stereocenters. The molecule has 190 valence electrons. The first-order chi connectivity index (χ1) is 18.1. The SMILES string of the molecule is CCCOc1ccc(C(=O)N/N=C\c2cc(I)c(OCc3cccc4ccccc34)c(OCC)c2)cc1. The average molecular weight is 608 g/mol. The van der Waals surface area contributed by atoms with Crippen LogP contribution in [0.4, 0.5) is 0 Å². The van der Waals surface area contributed by atoms with Gasteiger partial charge in [0.25, 0.3) is 5.91 Å². The molecule has 1 amide bonds. The summed E-state index contributed by atoms with van der Waals surface area (Å²) in [4.78, 5) is 12.5. The predicted octanol–water partition coefficient (Wildman–Crippen LogP) is 6.97. The van der Waals surface area contributed by atoms with Gasteiger partial charge in [-0.1, -0.05) is 49.4 Å². The van der Waals surface area contributed by atoms with Crippen LogP contribution in [0.15, 0.2) is 84.0 Å². The molecule has 0 radical (unpaired) electrons. The van der Waals surface area contributed by atoms with Crippen LogP contribution in [0, 0.1) is 3.57 Å². The van der Waals surface area contributed by atoms with E-state index < -0.39 is 0 Å². The topological polar surface area (TPSA) is 69.2 Å². The smallest absolute Gasteiger partial charge is 0.271 e. The van der Waals surface area contributed by atoms with E-state index in [0.717, 1.165) is 26.9 Å². The number of halogens is 1. The third-order valence-corrected chi connectivity index (χ3v) is 6.35. The van der Waals surface area contributed by atoms with Crippen LogP contribution in [-0.4, -0.2) is 25.3 Å². The Morgan fingerprint density at radius 3 is 2.51 bits per heavy atom. The van der Waals surface area contributed by atoms with E-state index in [1.807, 2.05) is 44.2 Å². The lowest BCUT2D eigenvalue weighted by Gasteiger charge is -2.15. The minimum atomic E-state index is -0.298. The predicted molar refractivity (Wildman–Crippen MR) is 156 cm³/mol. The Bertz CT molecular complexity index is 1380. The number of hydrogen-bond donors (Lipinski definition) is 1. The van der Waals surface area contributed by atoms with Crippen molar-refractivity contribution < 1.29 is 19.0 Å². The van der Waals surface area contributed by atoms with Crippen molar-refractivity contribution in [2.24, 2.45) is 5.10 Å². The molecular weight excluding hydrogens is 579 g/mol. The van der Waals surface area contributed by atoms with Gasteiger partial charge in [0.15, 0.2) is 11.5 Å². The largest absolute Gasteiger partial charge is 0.494 e. The lowest BCUT2D eigenvalue weighted by atomic mass is 10.1. The summed E-state index contributed by atoms with van der Waals surface area (Å²) < 4.78 is 18.6. The standard InChI is InChI=1S/C30H29IN2O4/c1-3-16-36-25-14-12-23(13-15-25)30(34)33-32-19-21-17-27(31)29(28(18-21)35-4-2)37-20-24-10-7-9-22-8-5-6-11-26(22)24/h5-15,17-19H,3-4,16,20H2,1-2H3,(H,33,34)/b32-19-. The van der Waals surface area contributed by atoms with Crippen LogP contribution in [0.25, 0.3) is 10.8 Å². The molecule has 6 nitrogen and oxygen atoms in total. The second kappa shape index (κ2) is 13.1. The molecule has 0 heterocycles. The van der Waals surface area contributed by atoms with Gasteiger partial charge in [-0.05, 0) is 94.2 Å². The van der Waals surface area contributed by atoms with Crippen LogP contribution in [-0.2, 0) is 6.61 Å². The molecule has 0 aliphatic carbocycles. The minimum Gasteiger partial charge on any atom is -0.494 e. The summed E-state index contributed by atoms with van der Waals surface area (Å²) in [5, 5.41) is 6.48. The molecule has 0 aromatic heterocycles. The van der Waals surface area contributed by atoms with Gasteiger partial charge < -0.3 is 14.2 Å². The molecule has 0 spiro atoms. The Morgan fingerprint density at radius 2 is 1.73 bits per heavy atom. The number of fused-ring (bicyclic) bond motifs is 1. The number of nitrogens with zero attached hydrogens (tertiary/aromatic N) is 1. The summed E-state index contributed by atoms with van der Waals surface area (Å²) in [6, 6.07) is 25.3. The van der Waals surface area contributed by atoms with Crippen molar-refractivity contribution in [2.45, 2.75) is 26.9 Å². The van der Waals surface area contributed by atoms with Crippen LogP contribution in [0.1, 0.15) is 41.8 Å². The quantitative estimate of drug-likeness (QED) is 0.113. The van der Waals surface area contributed by atoms with Crippen molar-refractivity contribution in [2.75, 3.05) is 13.2 Å². The minimum absolute atomic E-state index is 0.298. The van der Waals surface area contributed by atoms with E-state index in [9.17, 15) is 4.79 Å². The highest BCUT2D eigenvalue weighted by molar-refractivity contribution is 14.1. The third-order valence-electron chi connectivity index (χ3n) is 5.55. The zero-order chi connectivity index (χ0) is 26.0. The maximum absolute atomic E-state index is 12.5. The Hall–Kier alpha value is -3.59. The number of rotatable bonds is 11. The molecule has 0 aliphatic heterocycles. The maximum Gasteiger partial charge on any atom is 0.271 e. The van der Waals surface area contributed by atoms with Gasteiger partial charge in [-0.2, -0.15) is 5.10 Å². The maximum atomic E-state index is 12.5. The van der Waals surface area contributed by atoms with E-state index in [4.69, 9.17) is 14.2 Å². The van der Waals surface area contributed by atoms with Gasteiger partial charge in [0.05, 0.1) is 23.0 Å². The summed E-state index contributed by atoms with van der Waals surface area (Å²) in [5.41, 5.74) is 4.97. The van der Waals surface area contributed by atoms with Gasteiger partial charge in [0.2, 0.25) is 0 Å². The third kappa shape index (κ3) is 7.01. The first kappa shape index (κ1) is 26.5. The number of nitrogens with one attached hydrogen (secondary N) is 1. The fourth-order valence-electron chi connectivity index (χ4n) is 3.79. The molecule has 4 aromatic carbocycles. The highest BCUT2D eigenvalue weighted by Crippen LogP contribution is 2.35. The van der Waals surface area contributed by atoms with Crippen LogP contribution < -0.4 is 19.6 Å². The molecule has 0 aliphatic rings. The molecule has 4 rings (SSSR count). The van der Waals surface area contributed by atoms with E-state index in [-0.39, 0.29) is 5.91 Å². The van der Waals surface area contributed by atoms with Crippen molar-refractivity contribution >= 4 is 45.5 Å². The van der Waals surface area contributed by atoms with Crippen molar-refractivity contribution in [3.63, 3.8) is 0 Å². The van der Waals surface area contributed by atoms with E-state index in [1.165, 1.54) is 10.8 Å². The van der Waals surface area contributed by atoms with Gasteiger partial charge in [-0.15, -0.1) is 0 Å². The van der Waals surface area contributed by atoms with Gasteiger partial charge >= 0.3 is 0 Å². The zero-order valence-electron chi connectivity index (χ0n) is 20.9. The molecule has 4 aromatic rings. The first-order valence-electron chi connectivity index (χ1n) is 12.2. The highest BCUT2D eigenvalue weighted by atomic mass is 127. The molecule has 0 fully saturated rings. The number of carbonyl (C=O) groups is 1. The normalized spacial score (nSPS) is 11.0. The Balaban J connectivity index is 1.44. The summed E-state index contributed by atoms with van der Waals surface area (Å²) in [6.07, 6.45) is 2.52. The molecular formula is C30H29IN2O4. The summed E-state index contributed by atoms with van der Waals surface area (Å²) in [6.45, 7) is 5.54. The molecule has 0 saturated carbocycles. The summed E-state index contributed by atoms with van der Waals surface area (Å²) in [5.74, 6) is 1.75. The van der Waals surface area contributed by atoms with E-state index >= 15 is 0 Å². The van der Waals surface area contributed by atoms with E-state index in [0.29, 0.717) is 36.9 Å². The molecule has 7 heteroatoms. The second-order valence-corrected chi connectivity index (χ2v) is 9.42. The number of amides is 1. The van der Waals surface area contributed by atoms with Gasteiger partial charge in [0, 0.05) is 5.56 Å². The highest BCUT2D eigenvalue weighted by Gasteiger charge is 2.13. The second-order valence-electron chi connectivity index (χ2n) is 8.26. The number of ether oxygens (including phenoxy) is 3.